The lowest BCUT2D eigenvalue weighted by Gasteiger charge is -2.22. The molecule has 0 unspecified atom stereocenters. The van der Waals surface area contributed by atoms with Crippen molar-refractivity contribution in [3.8, 4) is 0 Å². The van der Waals surface area contributed by atoms with Crippen molar-refractivity contribution in [1.29, 1.82) is 0 Å². The van der Waals surface area contributed by atoms with E-state index in [9.17, 15) is 0 Å². The average molecular weight is 274 g/mol. The summed E-state index contributed by atoms with van der Waals surface area (Å²) in [5.41, 5.74) is 1.27. The molecule has 3 heteroatoms. The van der Waals surface area contributed by atoms with Crippen molar-refractivity contribution in [3.63, 3.8) is 0 Å². The lowest BCUT2D eigenvalue weighted by molar-refractivity contribution is 0.332. The molecule has 2 aliphatic carbocycles. The van der Waals surface area contributed by atoms with E-state index < -0.39 is 0 Å². The first-order chi connectivity index (χ1) is 9.31. The van der Waals surface area contributed by atoms with Gasteiger partial charge in [-0.15, -0.1) is 0 Å². The third-order valence-corrected chi connectivity index (χ3v) is 4.99. The van der Waals surface area contributed by atoms with Crippen LogP contribution in [-0.2, 0) is 6.54 Å². The summed E-state index contributed by atoms with van der Waals surface area (Å²) in [7, 11) is 0. The Morgan fingerprint density at radius 2 is 1.95 bits per heavy atom. The normalized spacial score (nSPS) is 28.3. The van der Waals surface area contributed by atoms with E-state index in [0.717, 1.165) is 36.0 Å². The fourth-order valence-electron chi connectivity index (χ4n) is 3.69. The molecule has 2 bridgehead atoms. The molecule has 1 aromatic carbocycles. The number of nitrogens with one attached hydrogen (secondary N) is 2. The minimum Gasteiger partial charge on any atom is -0.362 e. The van der Waals surface area contributed by atoms with Gasteiger partial charge in [-0.25, -0.2) is 0 Å². The van der Waals surface area contributed by atoms with Crippen molar-refractivity contribution in [2.24, 2.45) is 17.8 Å². The molecule has 0 aliphatic heterocycles. The maximum absolute atomic E-state index is 5.35. The Morgan fingerprint density at radius 3 is 2.63 bits per heavy atom. The van der Waals surface area contributed by atoms with Crippen LogP contribution >= 0.6 is 12.2 Å². The highest BCUT2D eigenvalue weighted by molar-refractivity contribution is 7.80. The molecular formula is C16H22N2S. The highest BCUT2D eigenvalue weighted by atomic mass is 32.1. The molecule has 19 heavy (non-hydrogen) atoms. The molecule has 0 heterocycles. The van der Waals surface area contributed by atoms with Gasteiger partial charge in [0.2, 0.25) is 0 Å². The Morgan fingerprint density at radius 1 is 1.11 bits per heavy atom. The van der Waals surface area contributed by atoms with Gasteiger partial charge in [0, 0.05) is 13.1 Å². The maximum Gasteiger partial charge on any atom is 0.166 e. The lowest BCUT2D eigenvalue weighted by Crippen LogP contribution is -2.38. The van der Waals surface area contributed by atoms with Crippen LogP contribution in [0.4, 0.5) is 0 Å². The average Bonchev–Trinajstić information content (AvgIpc) is 3.06. The number of hydrogen-bond acceptors (Lipinski definition) is 1. The predicted octanol–water partition coefficient (Wildman–Crippen LogP) is 3.09. The van der Waals surface area contributed by atoms with Gasteiger partial charge in [0.05, 0.1) is 0 Å². The summed E-state index contributed by atoms with van der Waals surface area (Å²) in [5, 5.41) is 7.49. The lowest BCUT2D eigenvalue weighted by atomic mass is 9.89. The van der Waals surface area contributed by atoms with E-state index in [4.69, 9.17) is 12.2 Å². The van der Waals surface area contributed by atoms with Crippen molar-refractivity contribution in [2.45, 2.75) is 32.2 Å². The number of rotatable bonds is 4. The van der Waals surface area contributed by atoms with Gasteiger partial charge in [-0.3, -0.25) is 0 Å². The number of hydrogen-bond donors (Lipinski definition) is 2. The van der Waals surface area contributed by atoms with Crippen LogP contribution in [0.25, 0.3) is 0 Å². The first-order valence-corrected chi connectivity index (χ1v) is 7.77. The quantitative estimate of drug-likeness (QED) is 0.825. The van der Waals surface area contributed by atoms with Crippen LogP contribution in [0.1, 0.15) is 31.2 Å². The minimum atomic E-state index is 0.798. The zero-order valence-corrected chi connectivity index (χ0v) is 12.1. The monoisotopic (exact) mass is 274 g/mol. The van der Waals surface area contributed by atoms with E-state index >= 15 is 0 Å². The molecule has 0 saturated heterocycles. The van der Waals surface area contributed by atoms with Gasteiger partial charge < -0.3 is 10.6 Å². The van der Waals surface area contributed by atoms with Crippen molar-refractivity contribution < 1.29 is 0 Å². The van der Waals surface area contributed by atoms with Gasteiger partial charge in [0.15, 0.2) is 5.11 Å². The summed E-state index contributed by atoms with van der Waals surface area (Å²) in [6, 6.07) is 10.4. The SMILES string of the molecule is S=C(NCc1ccccc1)NC[C@H]1C[C@H]2CC[C@@H]1C2. The third kappa shape index (κ3) is 3.27. The molecule has 2 aliphatic rings. The van der Waals surface area contributed by atoms with Crippen LogP contribution in [-0.4, -0.2) is 11.7 Å². The molecule has 2 saturated carbocycles. The van der Waals surface area contributed by atoms with Crippen LogP contribution in [0, 0.1) is 17.8 Å². The van der Waals surface area contributed by atoms with Crippen molar-refractivity contribution >= 4 is 17.3 Å². The summed E-state index contributed by atoms with van der Waals surface area (Å²) in [5.74, 6) is 2.84. The Kier molecular flexibility index (Phi) is 4.02. The van der Waals surface area contributed by atoms with Crippen LogP contribution in [0.3, 0.4) is 0 Å². The predicted molar refractivity (Wildman–Crippen MR) is 82.8 cm³/mol. The van der Waals surface area contributed by atoms with Gasteiger partial charge >= 0.3 is 0 Å². The molecule has 3 rings (SSSR count). The smallest absolute Gasteiger partial charge is 0.166 e. The molecule has 1 aromatic rings. The highest BCUT2D eigenvalue weighted by Crippen LogP contribution is 2.47. The molecule has 0 aromatic heterocycles. The standard InChI is InChI=1S/C16H22N2S/c19-16(17-10-12-4-2-1-3-5-12)18-11-15-9-13-6-7-14(15)8-13/h1-5,13-15H,6-11H2,(H2,17,18,19)/t13-,14+,15+/m0/s1. The van der Waals surface area contributed by atoms with Crippen LogP contribution in [0.15, 0.2) is 30.3 Å². The Labute approximate surface area is 121 Å². The number of thiocarbonyl (C=S) groups is 1. The van der Waals surface area contributed by atoms with E-state index in [1.54, 1.807) is 0 Å². The van der Waals surface area contributed by atoms with Crippen molar-refractivity contribution in [3.05, 3.63) is 35.9 Å². The van der Waals surface area contributed by atoms with Crippen LogP contribution < -0.4 is 10.6 Å². The molecule has 2 N–H and O–H groups in total. The molecule has 102 valence electrons. The first-order valence-electron chi connectivity index (χ1n) is 7.37. The van der Waals surface area contributed by atoms with Gasteiger partial charge in [0.25, 0.3) is 0 Å². The molecule has 3 atom stereocenters. The maximum atomic E-state index is 5.35. The summed E-state index contributed by atoms with van der Waals surface area (Å²) in [6.45, 7) is 1.87. The van der Waals surface area contributed by atoms with Crippen molar-refractivity contribution in [1.82, 2.24) is 10.6 Å². The zero-order valence-electron chi connectivity index (χ0n) is 11.3. The van der Waals surface area contributed by atoms with Crippen LogP contribution in [0.2, 0.25) is 0 Å². The van der Waals surface area contributed by atoms with Gasteiger partial charge in [-0.2, -0.15) is 0 Å². The van der Waals surface area contributed by atoms with Crippen LogP contribution in [0.5, 0.6) is 0 Å². The second-order valence-electron chi connectivity index (χ2n) is 5.98. The minimum absolute atomic E-state index is 0.798. The largest absolute Gasteiger partial charge is 0.362 e. The summed E-state index contributed by atoms with van der Waals surface area (Å²) in [6.07, 6.45) is 5.80. The Hall–Kier alpha value is -1.09. The second-order valence-corrected chi connectivity index (χ2v) is 6.39. The fraction of sp³-hybridized carbons (Fsp3) is 0.562. The zero-order chi connectivity index (χ0) is 13.1. The summed E-state index contributed by atoms with van der Waals surface area (Å²) < 4.78 is 0. The fourth-order valence-corrected chi connectivity index (χ4v) is 3.85. The topological polar surface area (TPSA) is 24.1 Å². The first kappa shape index (κ1) is 12.9. The molecule has 0 spiro atoms. The molecule has 0 radical (unpaired) electrons. The summed E-state index contributed by atoms with van der Waals surface area (Å²) >= 11 is 5.35. The third-order valence-electron chi connectivity index (χ3n) is 4.71. The number of benzene rings is 1. The van der Waals surface area contributed by atoms with Crippen molar-refractivity contribution in [2.75, 3.05) is 6.54 Å². The van der Waals surface area contributed by atoms with Gasteiger partial charge in [-0.05, 0) is 54.8 Å². The molecule has 2 nitrogen and oxygen atoms in total. The Balaban J connectivity index is 1.38. The molecule has 0 amide bonds. The van der Waals surface area contributed by atoms with E-state index in [2.05, 4.69) is 34.9 Å². The second kappa shape index (κ2) is 5.91. The highest BCUT2D eigenvalue weighted by Gasteiger charge is 2.39. The number of fused-ring (bicyclic) bond motifs is 2. The van der Waals surface area contributed by atoms with Gasteiger partial charge in [-0.1, -0.05) is 36.8 Å². The molecular weight excluding hydrogens is 252 g/mol. The van der Waals surface area contributed by atoms with E-state index in [-0.39, 0.29) is 0 Å². The van der Waals surface area contributed by atoms with E-state index in [1.807, 2.05) is 6.07 Å². The molecule has 2 fully saturated rings. The summed E-state index contributed by atoms with van der Waals surface area (Å²) in [4.78, 5) is 0. The van der Waals surface area contributed by atoms with E-state index in [0.29, 0.717) is 0 Å². The van der Waals surface area contributed by atoms with Gasteiger partial charge in [0.1, 0.15) is 0 Å². The van der Waals surface area contributed by atoms with E-state index in [1.165, 1.54) is 31.2 Å². The Bertz CT molecular complexity index is 432.